The molecule has 0 aliphatic rings. The predicted octanol–water partition coefficient (Wildman–Crippen LogP) is 3.49. The van der Waals surface area contributed by atoms with Crippen LogP contribution >= 0.6 is 23.2 Å². The zero-order valence-corrected chi connectivity index (χ0v) is 17.3. The van der Waals surface area contributed by atoms with E-state index in [1.165, 1.54) is 25.1 Å². The fourth-order valence-corrected chi connectivity index (χ4v) is 3.61. The fourth-order valence-electron chi connectivity index (χ4n) is 2.25. The second-order valence-corrected chi connectivity index (χ2v) is 8.76. The third kappa shape index (κ3) is 5.89. The van der Waals surface area contributed by atoms with E-state index in [-0.39, 0.29) is 21.3 Å². The van der Waals surface area contributed by atoms with Gasteiger partial charge in [-0.05, 0) is 37.3 Å². The van der Waals surface area contributed by atoms with Gasteiger partial charge in [0.05, 0.1) is 10.5 Å². The Kier molecular flexibility index (Phi) is 6.83. The minimum Gasteiger partial charge on any atom is -0.449 e. The minimum absolute atomic E-state index is 0.281. The van der Waals surface area contributed by atoms with Crippen LogP contribution in [0.25, 0.3) is 0 Å². The lowest BCUT2D eigenvalue weighted by Crippen LogP contribution is -2.30. The van der Waals surface area contributed by atoms with Crippen molar-refractivity contribution in [2.45, 2.75) is 17.9 Å². The van der Waals surface area contributed by atoms with Gasteiger partial charge in [0.2, 0.25) is 0 Å². The molecule has 0 saturated carbocycles. The highest BCUT2D eigenvalue weighted by atomic mass is 35.5. The molecule has 1 N–H and O–H groups in total. The normalized spacial score (nSPS) is 12.1. The molecule has 29 heavy (non-hydrogen) atoms. The molecule has 0 spiro atoms. The van der Waals surface area contributed by atoms with Crippen LogP contribution < -0.4 is 5.32 Å². The van der Waals surface area contributed by atoms with Gasteiger partial charge in [0.15, 0.2) is 15.9 Å². The van der Waals surface area contributed by atoms with Crippen LogP contribution in [0, 0.1) is 10.1 Å². The summed E-state index contributed by atoms with van der Waals surface area (Å²) in [6, 6.07) is 7.12. The molecule has 1 amide bonds. The van der Waals surface area contributed by atoms with Gasteiger partial charge in [-0.15, -0.1) is 0 Å². The Labute approximate surface area is 175 Å². The predicted molar refractivity (Wildman–Crippen MR) is 106 cm³/mol. The van der Waals surface area contributed by atoms with E-state index < -0.39 is 43.3 Å². The highest BCUT2D eigenvalue weighted by Gasteiger charge is 2.26. The highest BCUT2D eigenvalue weighted by molar-refractivity contribution is 7.90. The number of carbonyl (C=O) groups is 2. The fraction of sp³-hybridized carbons (Fsp3) is 0.176. The molecular formula is C17H14Cl2N2O7S. The average molecular weight is 461 g/mol. The van der Waals surface area contributed by atoms with Gasteiger partial charge in [-0.3, -0.25) is 14.9 Å². The van der Waals surface area contributed by atoms with Crippen molar-refractivity contribution in [3.8, 4) is 0 Å². The van der Waals surface area contributed by atoms with Crippen LogP contribution in [0.5, 0.6) is 0 Å². The number of benzene rings is 2. The molecule has 0 aliphatic carbocycles. The molecule has 1 unspecified atom stereocenters. The van der Waals surface area contributed by atoms with Crippen molar-refractivity contribution in [3.63, 3.8) is 0 Å². The molecule has 0 radical (unpaired) electrons. The molecule has 2 rings (SSSR count). The van der Waals surface area contributed by atoms with E-state index in [0.717, 1.165) is 24.5 Å². The lowest BCUT2D eigenvalue weighted by molar-refractivity contribution is -0.387. The van der Waals surface area contributed by atoms with Crippen LogP contribution in [0.1, 0.15) is 17.3 Å². The van der Waals surface area contributed by atoms with Crippen LogP contribution in [-0.4, -0.2) is 37.6 Å². The molecule has 0 aromatic heterocycles. The van der Waals surface area contributed by atoms with Crippen LogP contribution in [0.15, 0.2) is 41.3 Å². The summed E-state index contributed by atoms with van der Waals surface area (Å²) in [5, 5.41) is 14.2. The van der Waals surface area contributed by atoms with Crippen molar-refractivity contribution in [3.05, 3.63) is 62.1 Å². The molecule has 0 bridgehead atoms. The maximum Gasteiger partial charge on any atom is 0.339 e. The minimum atomic E-state index is -3.88. The van der Waals surface area contributed by atoms with Crippen LogP contribution in [0.4, 0.5) is 11.4 Å². The number of anilines is 1. The Balaban J connectivity index is 2.17. The van der Waals surface area contributed by atoms with Gasteiger partial charge < -0.3 is 10.1 Å². The van der Waals surface area contributed by atoms with Gasteiger partial charge in [-0.2, -0.15) is 0 Å². The molecule has 0 heterocycles. The number of rotatable bonds is 6. The first-order chi connectivity index (χ1) is 13.4. The number of sulfone groups is 1. The summed E-state index contributed by atoms with van der Waals surface area (Å²) in [7, 11) is -3.88. The Morgan fingerprint density at radius 1 is 1.14 bits per heavy atom. The monoisotopic (exact) mass is 460 g/mol. The number of nitro groups is 1. The summed E-state index contributed by atoms with van der Waals surface area (Å²) in [4.78, 5) is 34.1. The van der Waals surface area contributed by atoms with Crippen molar-refractivity contribution < 1.29 is 27.7 Å². The number of halogens is 2. The topological polar surface area (TPSA) is 133 Å². The second-order valence-electron chi connectivity index (χ2n) is 5.91. The third-order valence-corrected chi connectivity index (χ3v) is 5.15. The molecular weight excluding hydrogens is 447 g/mol. The molecule has 0 aliphatic heterocycles. The smallest absolute Gasteiger partial charge is 0.339 e. The van der Waals surface area contributed by atoms with Gasteiger partial charge in [-0.1, -0.05) is 23.2 Å². The summed E-state index contributed by atoms with van der Waals surface area (Å²) < 4.78 is 28.3. The van der Waals surface area contributed by atoms with Crippen molar-refractivity contribution in [1.82, 2.24) is 0 Å². The SMILES string of the molecule is CC(OC(=O)c1ccc(S(C)(=O)=O)c([N+](=O)[O-])c1)C(=O)Nc1cc(Cl)cc(Cl)c1. The molecule has 2 aromatic carbocycles. The standard InChI is InChI=1S/C17H14Cl2N2O7S/c1-9(16(22)20-13-7-11(18)6-12(19)8-13)28-17(23)10-3-4-15(29(2,26)27)14(5-10)21(24)25/h3-9H,1-2H3,(H,20,22). The number of nitrogens with zero attached hydrogens (tertiary/aromatic N) is 1. The lowest BCUT2D eigenvalue weighted by Gasteiger charge is -2.14. The molecule has 9 nitrogen and oxygen atoms in total. The summed E-state index contributed by atoms with van der Waals surface area (Å²) in [5.41, 5.74) is -0.772. The molecule has 154 valence electrons. The summed E-state index contributed by atoms with van der Waals surface area (Å²) in [6.45, 7) is 1.29. The first kappa shape index (κ1) is 22.6. The average Bonchev–Trinajstić information content (AvgIpc) is 2.59. The third-order valence-electron chi connectivity index (χ3n) is 3.57. The second kappa shape index (κ2) is 8.76. The number of nitrogens with one attached hydrogen (secondary N) is 1. The zero-order valence-electron chi connectivity index (χ0n) is 15.0. The molecule has 1 atom stereocenters. The Morgan fingerprint density at radius 2 is 1.72 bits per heavy atom. The van der Waals surface area contributed by atoms with E-state index in [1.54, 1.807) is 0 Å². The first-order valence-corrected chi connectivity index (χ1v) is 10.5. The molecule has 2 aromatic rings. The summed E-state index contributed by atoms with van der Waals surface area (Å²) >= 11 is 11.7. The Hall–Kier alpha value is -2.69. The van der Waals surface area contributed by atoms with Gasteiger partial charge in [0.1, 0.15) is 4.90 Å². The maximum atomic E-state index is 12.2. The van der Waals surface area contributed by atoms with Crippen molar-refractivity contribution in [1.29, 1.82) is 0 Å². The molecule has 12 heteroatoms. The summed E-state index contributed by atoms with van der Waals surface area (Å²) in [5.74, 6) is -1.74. The van der Waals surface area contributed by atoms with Crippen molar-refractivity contribution in [2.75, 3.05) is 11.6 Å². The number of esters is 1. The van der Waals surface area contributed by atoms with E-state index in [1.807, 2.05) is 0 Å². The number of hydrogen-bond donors (Lipinski definition) is 1. The number of ether oxygens (including phenoxy) is 1. The number of amides is 1. The van der Waals surface area contributed by atoms with E-state index in [2.05, 4.69) is 5.32 Å². The number of nitro benzene ring substituents is 1. The maximum absolute atomic E-state index is 12.2. The van der Waals surface area contributed by atoms with Gasteiger partial charge >= 0.3 is 5.97 Å². The zero-order chi connectivity index (χ0) is 21.9. The quantitative estimate of drug-likeness (QED) is 0.396. The van der Waals surface area contributed by atoms with E-state index in [9.17, 15) is 28.1 Å². The van der Waals surface area contributed by atoms with Crippen molar-refractivity contribution in [2.24, 2.45) is 0 Å². The Bertz CT molecular complexity index is 1080. The number of carbonyl (C=O) groups excluding carboxylic acids is 2. The van der Waals surface area contributed by atoms with Crippen LogP contribution in [0.3, 0.4) is 0 Å². The van der Waals surface area contributed by atoms with Gasteiger partial charge in [0, 0.05) is 28.1 Å². The van der Waals surface area contributed by atoms with Crippen molar-refractivity contribution >= 4 is 56.3 Å². The number of hydrogen-bond acceptors (Lipinski definition) is 7. The lowest BCUT2D eigenvalue weighted by atomic mass is 10.2. The first-order valence-electron chi connectivity index (χ1n) is 7.85. The van der Waals surface area contributed by atoms with Gasteiger partial charge in [0.25, 0.3) is 11.6 Å². The Morgan fingerprint density at radius 3 is 2.24 bits per heavy atom. The van der Waals surface area contributed by atoms with Crippen LogP contribution in [-0.2, 0) is 19.4 Å². The highest BCUT2D eigenvalue weighted by Crippen LogP contribution is 2.26. The summed E-state index contributed by atoms with van der Waals surface area (Å²) in [6.07, 6.45) is -0.462. The largest absolute Gasteiger partial charge is 0.449 e. The molecule has 0 fully saturated rings. The van der Waals surface area contributed by atoms with E-state index >= 15 is 0 Å². The molecule has 0 saturated heterocycles. The van der Waals surface area contributed by atoms with Crippen LogP contribution in [0.2, 0.25) is 10.0 Å². The van der Waals surface area contributed by atoms with E-state index in [4.69, 9.17) is 27.9 Å². The van der Waals surface area contributed by atoms with E-state index in [0.29, 0.717) is 0 Å². The van der Waals surface area contributed by atoms with Gasteiger partial charge in [-0.25, -0.2) is 13.2 Å².